The number of aromatic nitrogens is 3. The van der Waals surface area contributed by atoms with Gasteiger partial charge in [0, 0.05) is 17.1 Å². The van der Waals surface area contributed by atoms with Gasteiger partial charge in [0.05, 0.1) is 11.4 Å². The second-order valence-corrected chi connectivity index (χ2v) is 5.44. The third-order valence-corrected chi connectivity index (χ3v) is 3.39. The van der Waals surface area contributed by atoms with E-state index < -0.39 is 0 Å². The van der Waals surface area contributed by atoms with Gasteiger partial charge in [0.15, 0.2) is 5.69 Å². The molecule has 0 bridgehead atoms. The van der Waals surface area contributed by atoms with Crippen molar-refractivity contribution in [2.75, 3.05) is 6.54 Å². The lowest BCUT2D eigenvalue weighted by molar-refractivity contribution is 0.0935. The van der Waals surface area contributed by atoms with Crippen LogP contribution in [-0.2, 0) is 0 Å². The summed E-state index contributed by atoms with van der Waals surface area (Å²) >= 11 is 3.41. The zero-order chi connectivity index (χ0) is 14.7. The maximum atomic E-state index is 12.1. The minimum atomic E-state index is -0.262. The number of hydrogen-bond acceptors (Lipinski definition) is 4. The summed E-state index contributed by atoms with van der Waals surface area (Å²) in [4.78, 5) is 12.1. The van der Waals surface area contributed by atoms with Gasteiger partial charge in [0.2, 0.25) is 0 Å². The fraction of sp³-hybridized carbons (Fsp3) is 0.308. The van der Waals surface area contributed by atoms with Crippen LogP contribution in [0.25, 0.3) is 5.69 Å². The third-order valence-electron chi connectivity index (χ3n) is 2.89. The number of amides is 1. The highest BCUT2D eigenvalue weighted by Gasteiger charge is 2.18. The average Bonchev–Trinajstić information content (AvgIpc) is 2.80. The smallest absolute Gasteiger partial charge is 0.274 e. The Kier molecular flexibility index (Phi) is 4.51. The van der Waals surface area contributed by atoms with Gasteiger partial charge < -0.3 is 11.1 Å². The van der Waals surface area contributed by atoms with Gasteiger partial charge in [-0.25, -0.2) is 4.68 Å². The van der Waals surface area contributed by atoms with Gasteiger partial charge in [-0.05, 0) is 32.0 Å². The summed E-state index contributed by atoms with van der Waals surface area (Å²) in [5.41, 5.74) is 7.33. The second-order valence-electron chi connectivity index (χ2n) is 4.53. The van der Waals surface area contributed by atoms with Crippen LogP contribution in [0, 0.1) is 6.92 Å². The molecule has 0 aliphatic rings. The lowest BCUT2D eigenvalue weighted by Crippen LogP contribution is -2.38. The molecule has 1 atom stereocenters. The number of nitrogens with zero attached hydrogens (tertiary/aromatic N) is 3. The summed E-state index contributed by atoms with van der Waals surface area (Å²) in [6, 6.07) is 7.53. The number of carbonyl (C=O) groups is 1. The number of halogens is 1. The molecule has 6 nitrogen and oxygen atoms in total. The molecule has 1 aromatic heterocycles. The molecule has 0 fully saturated rings. The molecule has 3 N–H and O–H groups in total. The summed E-state index contributed by atoms with van der Waals surface area (Å²) in [5, 5.41) is 10.8. The highest BCUT2D eigenvalue weighted by atomic mass is 79.9. The third kappa shape index (κ3) is 3.05. The molecule has 0 saturated carbocycles. The number of hydrogen-bond donors (Lipinski definition) is 2. The zero-order valence-corrected chi connectivity index (χ0v) is 12.9. The Balaban J connectivity index is 2.29. The van der Waals surface area contributed by atoms with E-state index in [1.54, 1.807) is 4.68 Å². The number of benzene rings is 1. The standard InChI is InChI=1S/C13H16BrN5O/c1-8(7-15)16-13(20)12-9(2)19(18-17-12)11-5-3-4-10(14)6-11/h3-6,8H,7,15H2,1-2H3,(H,16,20)/t8-/m0/s1. The molecule has 0 saturated heterocycles. The van der Waals surface area contributed by atoms with Gasteiger partial charge in [0.1, 0.15) is 0 Å². The van der Waals surface area contributed by atoms with Crippen molar-refractivity contribution in [3.05, 3.63) is 40.1 Å². The first kappa shape index (κ1) is 14.7. The summed E-state index contributed by atoms with van der Waals surface area (Å²) < 4.78 is 2.57. The van der Waals surface area contributed by atoms with E-state index in [4.69, 9.17) is 5.73 Å². The van der Waals surface area contributed by atoms with E-state index in [2.05, 4.69) is 31.6 Å². The van der Waals surface area contributed by atoms with Gasteiger partial charge in [-0.1, -0.05) is 27.2 Å². The number of nitrogens with one attached hydrogen (secondary N) is 1. The molecular formula is C13H16BrN5O. The van der Waals surface area contributed by atoms with Crippen molar-refractivity contribution in [2.45, 2.75) is 19.9 Å². The van der Waals surface area contributed by atoms with Crippen molar-refractivity contribution >= 4 is 21.8 Å². The maximum Gasteiger partial charge on any atom is 0.274 e. The second kappa shape index (κ2) is 6.15. The monoisotopic (exact) mass is 337 g/mol. The van der Waals surface area contributed by atoms with Crippen molar-refractivity contribution in [2.24, 2.45) is 5.73 Å². The lowest BCUT2D eigenvalue weighted by Gasteiger charge is -2.10. The predicted molar refractivity (Wildman–Crippen MR) is 79.8 cm³/mol. The van der Waals surface area contributed by atoms with Crippen LogP contribution < -0.4 is 11.1 Å². The molecule has 0 unspecified atom stereocenters. The molecule has 106 valence electrons. The van der Waals surface area contributed by atoms with Gasteiger partial charge in [-0.3, -0.25) is 4.79 Å². The Morgan fingerprint density at radius 1 is 1.55 bits per heavy atom. The Bertz CT molecular complexity index is 625. The molecule has 1 amide bonds. The molecule has 1 heterocycles. The SMILES string of the molecule is Cc1c(C(=O)N[C@@H](C)CN)nnn1-c1cccc(Br)c1. The van der Waals surface area contributed by atoms with E-state index in [1.165, 1.54) is 0 Å². The molecule has 2 rings (SSSR count). The summed E-state index contributed by atoms with van der Waals surface area (Å²) in [6.07, 6.45) is 0. The van der Waals surface area contributed by atoms with E-state index >= 15 is 0 Å². The molecule has 0 radical (unpaired) electrons. The van der Waals surface area contributed by atoms with Crippen LogP contribution >= 0.6 is 15.9 Å². The molecule has 20 heavy (non-hydrogen) atoms. The van der Waals surface area contributed by atoms with E-state index in [0.29, 0.717) is 17.9 Å². The Hall–Kier alpha value is -1.73. The van der Waals surface area contributed by atoms with Gasteiger partial charge in [-0.15, -0.1) is 5.10 Å². The van der Waals surface area contributed by atoms with Crippen LogP contribution in [0.3, 0.4) is 0 Å². The average molecular weight is 338 g/mol. The highest BCUT2D eigenvalue weighted by molar-refractivity contribution is 9.10. The van der Waals surface area contributed by atoms with Crippen molar-refractivity contribution < 1.29 is 4.79 Å². The van der Waals surface area contributed by atoms with E-state index in [1.807, 2.05) is 38.1 Å². The maximum absolute atomic E-state index is 12.1. The van der Waals surface area contributed by atoms with Crippen molar-refractivity contribution in [1.29, 1.82) is 0 Å². The van der Waals surface area contributed by atoms with Crippen molar-refractivity contribution in [3.8, 4) is 5.69 Å². The summed E-state index contributed by atoms with van der Waals surface area (Å²) in [7, 11) is 0. The van der Waals surface area contributed by atoms with Crippen LogP contribution in [0.15, 0.2) is 28.7 Å². The normalized spacial score (nSPS) is 12.2. The highest BCUT2D eigenvalue weighted by Crippen LogP contribution is 2.17. The van der Waals surface area contributed by atoms with Crippen LogP contribution in [0.4, 0.5) is 0 Å². The Labute approximate surface area is 125 Å². The number of carbonyl (C=O) groups excluding carboxylic acids is 1. The minimum Gasteiger partial charge on any atom is -0.347 e. The van der Waals surface area contributed by atoms with Gasteiger partial charge in [0.25, 0.3) is 5.91 Å². The van der Waals surface area contributed by atoms with Crippen LogP contribution in [0.1, 0.15) is 23.1 Å². The van der Waals surface area contributed by atoms with E-state index in [0.717, 1.165) is 10.2 Å². The van der Waals surface area contributed by atoms with Gasteiger partial charge >= 0.3 is 0 Å². The van der Waals surface area contributed by atoms with Gasteiger partial charge in [-0.2, -0.15) is 0 Å². The van der Waals surface area contributed by atoms with Crippen LogP contribution in [-0.4, -0.2) is 33.5 Å². The number of rotatable bonds is 4. The molecule has 0 aliphatic heterocycles. The molecule has 2 aromatic rings. The Morgan fingerprint density at radius 2 is 2.30 bits per heavy atom. The number of nitrogens with two attached hydrogens (primary N) is 1. The minimum absolute atomic E-state index is 0.0991. The van der Waals surface area contributed by atoms with E-state index in [9.17, 15) is 4.79 Å². The van der Waals surface area contributed by atoms with Crippen LogP contribution in [0.5, 0.6) is 0 Å². The zero-order valence-electron chi connectivity index (χ0n) is 11.3. The summed E-state index contributed by atoms with van der Waals surface area (Å²) in [6.45, 7) is 4.03. The Morgan fingerprint density at radius 3 is 2.95 bits per heavy atom. The first-order chi connectivity index (χ1) is 9.52. The first-order valence-electron chi connectivity index (χ1n) is 6.22. The largest absolute Gasteiger partial charge is 0.347 e. The molecule has 0 spiro atoms. The van der Waals surface area contributed by atoms with Crippen molar-refractivity contribution in [1.82, 2.24) is 20.3 Å². The molecule has 0 aliphatic carbocycles. The molecular weight excluding hydrogens is 322 g/mol. The quantitative estimate of drug-likeness (QED) is 0.883. The first-order valence-corrected chi connectivity index (χ1v) is 7.01. The van der Waals surface area contributed by atoms with E-state index in [-0.39, 0.29) is 11.9 Å². The fourth-order valence-corrected chi connectivity index (χ4v) is 2.13. The van der Waals surface area contributed by atoms with Crippen LogP contribution in [0.2, 0.25) is 0 Å². The molecule has 1 aromatic carbocycles. The topological polar surface area (TPSA) is 85.8 Å². The fourth-order valence-electron chi connectivity index (χ4n) is 1.74. The van der Waals surface area contributed by atoms with Crippen molar-refractivity contribution in [3.63, 3.8) is 0 Å². The lowest BCUT2D eigenvalue weighted by atomic mass is 10.2. The molecule has 7 heteroatoms. The predicted octanol–water partition coefficient (Wildman–Crippen LogP) is 1.42. The summed E-state index contributed by atoms with van der Waals surface area (Å²) in [5.74, 6) is -0.262.